The minimum atomic E-state index is -0.390. The van der Waals surface area contributed by atoms with Gasteiger partial charge in [0, 0.05) is 25.7 Å². The van der Waals surface area contributed by atoms with Crippen LogP contribution in [0.15, 0.2) is 48.5 Å². The summed E-state index contributed by atoms with van der Waals surface area (Å²) in [6, 6.07) is 13.8. The summed E-state index contributed by atoms with van der Waals surface area (Å²) < 4.78 is 19.1. The van der Waals surface area contributed by atoms with E-state index in [9.17, 15) is 9.18 Å². The molecule has 1 atom stereocenters. The molecule has 0 N–H and O–H groups in total. The van der Waals surface area contributed by atoms with Gasteiger partial charge in [0.15, 0.2) is 0 Å². The van der Waals surface area contributed by atoms with Crippen LogP contribution in [-0.4, -0.2) is 44.3 Å². The second kappa shape index (κ2) is 7.01. The molecule has 4 nitrogen and oxygen atoms in total. The van der Waals surface area contributed by atoms with E-state index >= 15 is 0 Å². The van der Waals surface area contributed by atoms with Crippen LogP contribution in [0.3, 0.4) is 0 Å². The van der Waals surface area contributed by atoms with E-state index in [-0.39, 0.29) is 18.0 Å². The average Bonchev–Trinajstić information content (AvgIpc) is 2.99. The highest BCUT2D eigenvalue weighted by molar-refractivity contribution is 5.93. The normalized spacial score (nSPS) is 17.7. The molecule has 0 aromatic heterocycles. The number of carbonyl (C=O) groups is 1. The fourth-order valence-electron chi connectivity index (χ4n) is 2.98. The summed E-state index contributed by atoms with van der Waals surface area (Å²) in [4.78, 5) is 16.1. The number of rotatable bonds is 3. The molecule has 24 heavy (non-hydrogen) atoms. The van der Waals surface area contributed by atoms with Gasteiger partial charge in [-0.3, -0.25) is 4.90 Å². The van der Waals surface area contributed by atoms with E-state index in [4.69, 9.17) is 4.74 Å². The Morgan fingerprint density at radius 1 is 1.25 bits per heavy atom. The van der Waals surface area contributed by atoms with E-state index in [1.807, 2.05) is 37.4 Å². The fraction of sp³-hybridized carbons (Fsp3) is 0.316. The second-order valence-corrected chi connectivity index (χ2v) is 6.14. The molecule has 1 fully saturated rings. The van der Waals surface area contributed by atoms with E-state index in [0.717, 1.165) is 30.6 Å². The van der Waals surface area contributed by atoms with Crippen LogP contribution in [0.4, 0.5) is 14.9 Å². The van der Waals surface area contributed by atoms with Gasteiger partial charge in [0.2, 0.25) is 0 Å². The predicted molar refractivity (Wildman–Crippen MR) is 92.6 cm³/mol. The Morgan fingerprint density at radius 3 is 2.75 bits per heavy atom. The number of hydrogen-bond donors (Lipinski definition) is 0. The van der Waals surface area contributed by atoms with Crippen molar-refractivity contribution >= 4 is 11.8 Å². The van der Waals surface area contributed by atoms with Gasteiger partial charge in [-0.1, -0.05) is 30.3 Å². The standard InChI is InChI=1S/C19H21FN2O2/c1-21-11-10-16(13-21)24-19(23)22(2)18-9-4-3-8-17(18)14-6-5-7-15(20)12-14/h3-9,12,16H,10-11,13H2,1-2H3/t16-/m1/s1. The van der Waals surface area contributed by atoms with Gasteiger partial charge < -0.3 is 9.64 Å². The molecule has 1 amide bonds. The van der Waals surface area contributed by atoms with Crippen LogP contribution in [0.25, 0.3) is 11.1 Å². The second-order valence-electron chi connectivity index (χ2n) is 6.14. The predicted octanol–water partition coefficient (Wildman–Crippen LogP) is 3.77. The van der Waals surface area contributed by atoms with Crippen molar-refractivity contribution in [1.82, 2.24) is 4.90 Å². The van der Waals surface area contributed by atoms with Crippen molar-refractivity contribution < 1.29 is 13.9 Å². The van der Waals surface area contributed by atoms with Gasteiger partial charge >= 0.3 is 6.09 Å². The largest absolute Gasteiger partial charge is 0.444 e. The molecule has 2 aromatic rings. The van der Waals surface area contributed by atoms with E-state index in [0.29, 0.717) is 5.69 Å². The van der Waals surface area contributed by atoms with Crippen molar-refractivity contribution in [2.75, 3.05) is 32.1 Å². The summed E-state index contributed by atoms with van der Waals surface area (Å²) in [5, 5.41) is 0. The number of hydrogen-bond acceptors (Lipinski definition) is 3. The minimum absolute atomic E-state index is 0.0775. The molecule has 5 heteroatoms. The highest BCUT2D eigenvalue weighted by Crippen LogP contribution is 2.31. The number of likely N-dealkylation sites (N-methyl/N-ethyl adjacent to an activating group) is 1. The summed E-state index contributed by atoms with van der Waals surface area (Å²) in [6.45, 7) is 1.69. The smallest absolute Gasteiger partial charge is 0.414 e. The first-order valence-corrected chi connectivity index (χ1v) is 8.02. The van der Waals surface area contributed by atoms with Gasteiger partial charge in [0.1, 0.15) is 11.9 Å². The summed E-state index contributed by atoms with van der Waals surface area (Å²) >= 11 is 0. The highest BCUT2D eigenvalue weighted by atomic mass is 19.1. The molecule has 1 aliphatic heterocycles. The lowest BCUT2D eigenvalue weighted by Crippen LogP contribution is -2.32. The van der Waals surface area contributed by atoms with Crippen molar-refractivity contribution in [3.8, 4) is 11.1 Å². The van der Waals surface area contributed by atoms with Crippen LogP contribution >= 0.6 is 0 Å². The summed E-state index contributed by atoms with van der Waals surface area (Å²) in [5.41, 5.74) is 2.21. The average molecular weight is 328 g/mol. The number of benzene rings is 2. The van der Waals surface area contributed by atoms with E-state index in [1.165, 1.54) is 17.0 Å². The van der Waals surface area contributed by atoms with Crippen LogP contribution in [0.2, 0.25) is 0 Å². The summed E-state index contributed by atoms with van der Waals surface area (Å²) in [7, 11) is 3.69. The molecule has 0 radical (unpaired) electrons. The molecule has 2 aromatic carbocycles. The molecule has 0 unspecified atom stereocenters. The van der Waals surface area contributed by atoms with Gasteiger partial charge in [-0.2, -0.15) is 0 Å². The van der Waals surface area contributed by atoms with Crippen molar-refractivity contribution in [3.05, 3.63) is 54.3 Å². The molecule has 1 aliphatic rings. The van der Waals surface area contributed by atoms with Crippen LogP contribution in [-0.2, 0) is 4.74 Å². The number of amides is 1. The maximum Gasteiger partial charge on any atom is 0.414 e. The Balaban J connectivity index is 1.82. The number of nitrogens with zero attached hydrogens (tertiary/aromatic N) is 2. The van der Waals surface area contributed by atoms with Crippen molar-refractivity contribution in [2.45, 2.75) is 12.5 Å². The molecular weight excluding hydrogens is 307 g/mol. The molecule has 1 saturated heterocycles. The van der Waals surface area contributed by atoms with Crippen LogP contribution in [0, 0.1) is 5.82 Å². The van der Waals surface area contributed by atoms with Crippen LogP contribution in [0.5, 0.6) is 0 Å². The number of ether oxygens (including phenoxy) is 1. The van der Waals surface area contributed by atoms with E-state index in [1.54, 1.807) is 13.1 Å². The molecular formula is C19H21FN2O2. The van der Waals surface area contributed by atoms with E-state index in [2.05, 4.69) is 4.90 Å². The lowest BCUT2D eigenvalue weighted by molar-refractivity contribution is 0.110. The lowest BCUT2D eigenvalue weighted by Gasteiger charge is -2.22. The zero-order valence-electron chi connectivity index (χ0n) is 13.9. The van der Waals surface area contributed by atoms with Crippen LogP contribution < -0.4 is 4.90 Å². The first kappa shape index (κ1) is 16.5. The third kappa shape index (κ3) is 3.57. The van der Waals surface area contributed by atoms with Crippen molar-refractivity contribution in [2.24, 2.45) is 0 Å². The molecule has 0 saturated carbocycles. The number of carbonyl (C=O) groups excluding carboxylic acids is 1. The SMILES string of the molecule is CN1CC[C@@H](OC(=O)N(C)c2ccccc2-c2cccc(F)c2)C1. The molecule has 3 rings (SSSR count). The Bertz CT molecular complexity index is 735. The zero-order valence-corrected chi connectivity index (χ0v) is 13.9. The zero-order chi connectivity index (χ0) is 17.1. The lowest BCUT2D eigenvalue weighted by atomic mass is 10.0. The van der Waals surface area contributed by atoms with Crippen molar-refractivity contribution in [1.29, 1.82) is 0 Å². The van der Waals surface area contributed by atoms with E-state index < -0.39 is 0 Å². The minimum Gasteiger partial charge on any atom is -0.444 e. The fourth-order valence-corrected chi connectivity index (χ4v) is 2.98. The van der Waals surface area contributed by atoms with Gasteiger partial charge in [-0.05, 0) is 37.2 Å². The third-order valence-corrected chi connectivity index (χ3v) is 4.29. The quantitative estimate of drug-likeness (QED) is 0.860. The Morgan fingerprint density at radius 2 is 2.04 bits per heavy atom. The van der Waals surface area contributed by atoms with Gasteiger partial charge in [-0.15, -0.1) is 0 Å². The highest BCUT2D eigenvalue weighted by Gasteiger charge is 2.25. The molecule has 0 spiro atoms. The number of halogens is 1. The summed E-state index contributed by atoms with van der Waals surface area (Å²) in [6.07, 6.45) is 0.382. The first-order valence-electron chi connectivity index (χ1n) is 8.02. The monoisotopic (exact) mass is 328 g/mol. The molecule has 1 heterocycles. The summed E-state index contributed by atoms with van der Waals surface area (Å²) in [5.74, 6) is -0.304. The Kier molecular flexibility index (Phi) is 4.81. The van der Waals surface area contributed by atoms with Gasteiger partial charge in [-0.25, -0.2) is 9.18 Å². The Hall–Kier alpha value is -2.40. The molecule has 126 valence electrons. The van der Waals surface area contributed by atoms with Gasteiger partial charge in [0.25, 0.3) is 0 Å². The number of likely N-dealkylation sites (tertiary alicyclic amines) is 1. The maximum absolute atomic E-state index is 13.5. The Labute approximate surface area is 141 Å². The number of anilines is 1. The number of para-hydroxylation sites is 1. The third-order valence-electron chi connectivity index (χ3n) is 4.29. The van der Waals surface area contributed by atoms with Gasteiger partial charge in [0.05, 0.1) is 5.69 Å². The topological polar surface area (TPSA) is 32.8 Å². The maximum atomic E-state index is 13.5. The molecule has 0 aliphatic carbocycles. The van der Waals surface area contributed by atoms with Crippen LogP contribution in [0.1, 0.15) is 6.42 Å². The molecule has 0 bridgehead atoms. The first-order chi connectivity index (χ1) is 11.5. The van der Waals surface area contributed by atoms with Crippen molar-refractivity contribution in [3.63, 3.8) is 0 Å².